The average molecular weight is 292 g/mol. The number of hydrogen-bond donors (Lipinski definition) is 2. The van der Waals surface area contributed by atoms with E-state index < -0.39 is 23.1 Å². The molecule has 0 saturated carbocycles. The van der Waals surface area contributed by atoms with Crippen molar-refractivity contribution in [1.82, 2.24) is 0 Å². The Hall–Kier alpha value is -1.39. The Morgan fingerprint density at radius 3 is 2.71 bits per heavy atom. The Morgan fingerprint density at radius 2 is 2.05 bits per heavy atom. The van der Waals surface area contributed by atoms with E-state index in [4.69, 9.17) is 4.74 Å². The lowest BCUT2D eigenvalue weighted by Crippen LogP contribution is -2.59. The number of phenols is 1. The summed E-state index contributed by atoms with van der Waals surface area (Å²) in [6.45, 7) is 5.70. The smallest absolute Gasteiger partial charge is 0.132 e. The third-order valence-electron chi connectivity index (χ3n) is 5.10. The lowest BCUT2D eigenvalue weighted by Gasteiger charge is -2.54. The van der Waals surface area contributed by atoms with Gasteiger partial charge in [0.25, 0.3) is 0 Å². The quantitative estimate of drug-likeness (QED) is 0.779. The number of benzene rings is 1. The summed E-state index contributed by atoms with van der Waals surface area (Å²) in [5.74, 6) is -0.617. The first-order valence-corrected chi connectivity index (χ1v) is 7.29. The highest BCUT2D eigenvalue weighted by molar-refractivity contribution is 5.33. The number of aromatic hydroxyl groups is 1. The van der Waals surface area contributed by atoms with Gasteiger partial charge in [0.05, 0.1) is 17.3 Å². The average Bonchev–Trinajstić information content (AvgIpc) is 2.39. The summed E-state index contributed by atoms with van der Waals surface area (Å²) in [6, 6.07) is 4.14. The van der Waals surface area contributed by atoms with Crippen LogP contribution >= 0.6 is 0 Å². The highest BCUT2D eigenvalue weighted by Crippen LogP contribution is 2.53. The Balaban J connectivity index is 2.06. The fourth-order valence-electron chi connectivity index (χ4n) is 3.46. The summed E-state index contributed by atoms with van der Waals surface area (Å²) in [4.78, 5) is 0. The molecule has 1 fully saturated rings. The minimum Gasteiger partial charge on any atom is -0.508 e. The summed E-state index contributed by atoms with van der Waals surface area (Å²) in [6.07, 6.45) is 2.71. The predicted molar refractivity (Wildman–Crippen MR) is 77.4 cm³/mol. The second kappa shape index (κ2) is 4.55. The SMILES string of the molecule is CC1=CC[C@]2(O)C[C@@H]1[C@H](c1ccc(O)cc1F)OC2(C)C. The predicted octanol–water partition coefficient (Wildman–Crippen LogP) is 3.47. The van der Waals surface area contributed by atoms with Gasteiger partial charge in [-0.15, -0.1) is 0 Å². The van der Waals surface area contributed by atoms with Crippen LogP contribution in [0.3, 0.4) is 0 Å². The zero-order valence-electron chi connectivity index (χ0n) is 12.6. The molecular formula is C17H21FO3. The number of halogens is 1. The van der Waals surface area contributed by atoms with Crippen molar-refractivity contribution in [1.29, 1.82) is 0 Å². The molecule has 3 atom stereocenters. The van der Waals surface area contributed by atoms with E-state index in [1.165, 1.54) is 6.07 Å². The minimum atomic E-state index is -0.916. The molecule has 1 heterocycles. The van der Waals surface area contributed by atoms with Crippen LogP contribution in [0.15, 0.2) is 29.8 Å². The molecule has 1 aromatic carbocycles. The van der Waals surface area contributed by atoms with Crippen LogP contribution in [-0.4, -0.2) is 21.4 Å². The number of aliphatic hydroxyl groups is 1. The van der Waals surface area contributed by atoms with Crippen molar-refractivity contribution in [2.45, 2.75) is 50.9 Å². The first-order chi connectivity index (χ1) is 9.73. The van der Waals surface area contributed by atoms with Gasteiger partial charge in [0.15, 0.2) is 0 Å². The minimum absolute atomic E-state index is 0.0455. The molecule has 114 valence electrons. The van der Waals surface area contributed by atoms with Gasteiger partial charge in [-0.3, -0.25) is 0 Å². The number of rotatable bonds is 1. The monoisotopic (exact) mass is 292 g/mol. The molecule has 0 unspecified atom stereocenters. The van der Waals surface area contributed by atoms with Gasteiger partial charge < -0.3 is 14.9 Å². The van der Waals surface area contributed by atoms with Crippen molar-refractivity contribution in [3.8, 4) is 5.75 Å². The van der Waals surface area contributed by atoms with Crippen LogP contribution in [0.5, 0.6) is 5.75 Å². The summed E-state index contributed by atoms with van der Waals surface area (Å²) >= 11 is 0. The van der Waals surface area contributed by atoms with Crippen molar-refractivity contribution in [2.75, 3.05) is 0 Å². The zero-order valence-corrected chi connectivity index (χ0v) is 12.6. The number of hydrogen-bond acceptors (Lipinski definition) is 3. The lowest BCUT2D eigenvalue weighted by atomic mass is 9.65. The van der Waals surface area contributed by atoms with Crippen molar-refractivity contribution in [2.24, 2.45) is 5.92 Å². The third-order valence-corrected chi connectivity index (χ3v) is 5.10. The van der Waals surface area contributed by atoms with E-state index in [1.807, 2.05) is 26.8 Å². The van der Waals surface area contributed by atoms with Crippen LogP contribution in [0.1, 0.15) is 45.3 Å². The normalized spacial score (nSPS) is 34.4. The maximum Gasteiger partial charge on any atom is 0.132 e. The second-order valence-corrected chi connectivity index (χ2v) is 6.75. The molecule has 1 aliphatic carbocycles. The third kappa shape index (κ3) is 2.17. The Labute approximate surface area is 124 Å². The van der Waals surface area contributed by atoms with E-state index in [2.05, 4.69) is 0 Å². The molecule has 2 bridgehead atoms. The molecule has 3 nitrogen and oxygen atoms in total. The summed E-state index contributed by atoms with van der Waals surface area (Å²) in [5.41, 5.74) is -0.119. The van der Waals surface area contributed by atoms with E-state index in [0.29, 0.717) is 18.4 Å². The van der Waals surface area contributed by atoms with Crippen LogP contribution in [0.4, 0.5) is 4.39 Å². The second-order valence-electron chi connectivity index (χ2n) is 6.75. The molecule has 0 radical (unpaired) electrons. The van der Waals surface area contributed by atoms with Gasteiger partial charge in [0.1, 0.15) is 11.6 Å². The summed E-state index contributed by atoms with van der Waals surface area (Å²) < 4.78 is 20.3. The lowest BCUT2D eigenvalue weighted by molar-refractivity contribution is -0.245. The van der Waals surface area contributed by atoms with Gasteiger partial charge in [-0.2, -0.15) is 0 Å². The standard InChI is InChI=1S/C17H21FO3/c1-10-6-7-17(20)9-13(10)15(21-16(17,2)3)12-5-4-11(19)8-14(12)18/h4-6,8,13,15,19-20H,7,9H2,1-3H3/t13-,15-,17-/m0/s1. The number of phenolic OH excluding ortho intramolecular Hbond substituents is 1. The molecule has 1 aromatic rings. The zero-order chi connectivity index (χ0) is 15.4. The molecule has 0 spiro atoms. The van der Waals surface area contributed by atoms with Crippen molar-refractivity contribution >= 4 is 0 Å². The highest BCUT2D eigenvalue weighted by Gasteiger charge is 2.55. The first kappa shape index (κ1) is 14.5. The fourth-order valence-corrected chi connectivity index (χ4v) is 3.46. The van der Waals surface area contributed by atoms with Gasteiger partial charge in [0, 0.05) is 17.5 Å². The van der Waals surface area contributed by atoms with Crippen molar-refractivity contribution in [3.05, 3.63) is 41.2 Å². The molecule has 4 heteroatoms. The molecular weight excluding hydrogens is 271 g/mol. The summed E-state index contributed by atoms with van der Waals surface area (Å²) in [7, 11) is 0. The van der Waals surface area contributed by atoms with Crippen LogP contribution in [0.2, 0.25) is 0 Å². The van der Waals surface area contributed by atoms with E-state index in [0.717, 1.165) is 11.6 Å². The van der Waals surface area contributed by atoms with Crippen LogP contribution in [-0.2, 0) is 4.74 Å². The first-order valence-electron chi connectivity index (χ1n) is 7.29. The maximum atomic E-state index is 14.2. The Morgan fingerprint density at radius 1 is 1.33 bits per heavy atom. The molecule has 1 aliphatic heterocycles. The van der Waals surface area contributed by atoms with Crippen molar-refractivity contribution < 1.29 is 19.3 Å². The topological polar surface area (TPSA) is 49.7 Å². The maximum absolute atomic E-state index is 14.2. The van der Waals surface area contributed by atoms with Crippen LogP contribution in [0, 0.1) is 11.7 Å². The molecule has 21 heavy (non-hydrogen) atoms. The largest absolute Gasteiger partial charge is 0.508 e. The molecule has 1 saturated heterocycles. The van der Waals surface area contributed by atoms with Crippen molar-refractivity contribution in [3.63, 3.8) is 0 Å². The molecule has 3 rings (SSSR count). The Bertz CT molecular complexity index is 608. The fraction of sp³-hybridized carbons (Fsp3) is 0.529. The molecule has 0 aromatic heterocycles. The van der Waals surface area contributed by atoms with E-state index >= 15 is 0 Å². The Kier molecular flexibility index (Phi) is 3.15. The van der Waals surface area contributed by atoms with E-state index in [1.54, 1.807) is 6.07 Å². The highest BCUT2D eigenvalue weighted by atomic mass is 19.1. The summed E-state index contributed by atoms with van der Waals surface area (Å²) in [5, 5.41) is 20.2. The van der Waals surface area contributed by atoms with E-state index in [9.17, 15) is 14.6 Å². The number of ether oxygens (including phenoxy) is 1. The van der Waals surface area contributed by atoms with Gasteiger partial charge in [-0.25, -0.2) is 4.39 Å². The van der Waals surface area contributed by atoms with Crippen LogP contribution in [0.25, 0.3) is 0 Å². The van der Waals surface area contributed by atoms with Crippen LogP contribution < -0.4 is 0 Å². The molecule has 2 aliphatic rings. The molecule has 0 amide bonds. The van der Waals surface area contributed by atoms with Gasteiger partial charge in [-0.05, 0) is 45.7 Å². The van der Waals surface area contributed by atoms with E-state index in [-0.39, 0.29) is 11.7 Å². The van der Waals surface area contributed by atoms with Gasteiger partial charge >= 0.3 is 0 Å². The van der Waals surface area contributed by atoms with Gasteiger partial charge in [0.2, 0.25) is 0 Å². The molecule has 2 N–H and O–H groups in total. The number of fused-ring (bicyclic) bond motifs is 2. The van der Waals surface area contributed by atoms with Gasteiger partial charge in [-0.1, -0.05) is 11.6 Å².